The van der Waals surface area contributed by atoms with Gasteiger partial charge in [0.1, 0.15) is 11.7 Å². The number of aliphatic hydroxyl groups excluding tert-OH is 1. The van der Waals surface area contributed by atoms with Crippen LogP contribution >= 0.6 is 0 Å². The van der Waals surface area contributed by atoms with Crippen molar-refractivity contribution in [2.45, 2.75) is 148 Å². The molecule has 10 heteroatoms. The normalized spacial score (nSPS) is 47.6. The molecule has 0 aromatic rings. The highest BCUT2D eigenvalue weighted by molar-refractivity contribution is 6.01. The molecule has 0 saturated heterocycles. The van der Waals surface area contributed by atoms with Crippen molar-refractivity contribution < 1.29 is 48.0 Å². The molecule has 306 valence electrons. The molecule has 8 aliphatic rings. The molecule has 0 radical (unpaired) electrons. The number of ether oxygens (including phenoxy) is 2. The number of rotatable bonds is 8. The van der Waals surface area contributed by atoms with Crippen molar-refractivity contribution in [3.05, 3.63) is 35.5 Å². The number of hydrogen-bond acceptors (Lipinski definition) is 9. The summed E-state index contributed by atoms with van der Waals surface area (Å²) in [4.78, 5) is 64.2. The van der Waals surface area contributed by atoms with Crippen LogP contribution in [0.2, 0.25) is 0 Å². The number of alkyl halides is 1. The van der Waals surface area contributed by atoms with E-state index in [0.29, 0.717) is 60.8 Å². The van der Waals surface area contributed by atoms with Crippen LogP contribution in [0.3, 0.4) is 0 Å². The lowest BCUT2D eigenvalue weighted by molar-refractivity contribution is -0.220. The molecule has 6 saturated carbocycles. The number of Topliss-reactive ketones (excluding diaryl/α,β-unsaturated/α-hetero) is 1. The lowest BCUT2D eigenvalue weighted by atomic mass is 9.44. The molecule has 0 aromatic carbocycles. The number of hydrogen-bond donors (Lipinski definition) is 2. The van der Waals surface area contributed by atoms with Gasteiger partial charge in [0, 0.05) is 41.4 Å². The van der Waals surface area contributed by atoms with E-state index in [0.717, 1.165) is 38.5 Å². The van der Waals surface area contributed by atoms with Crippen LogP contribution in [0.4, 0.5) is 4.39 Å². The maximum atomic E-state index is 17.5. The van der Waals surface area contributed by atoms with Crippen LogP contribution in [0, 0.1) is 63.6 Å². The Morgan fingerprint density at radius 3 is 2.41 bits per heavy atom. The van der Waals surface area contributed by atoms with E-state index in [9.17, 15) is 34.2 Å². The molecule has 8 aliphatic carbocycles. The minimum absolute atomic E-state index is 0.0519. The Morgan fingerprint density at radius 2 is 1.64 bits per heavy atom. The van der Waals surface area contributed by atoms with Crippen molar-refractivity contribution in [2.24, 2.45) is 63.6 Å². The van der Waals surface area contributed by atoms with Gasteiger partial charge in [-0.15, -0.1) is 0 Å². The Labute approximate surface area is 330 Å². The largest absolute Gasteiger partial charge is 0.462 e. The van der Waals surface area contributed by atoms with E-state index in [1.165, 1.54) is 17.7 Å². The van der Waals surface area contributed by atoms with Gasteiger partial charge < -0.3 is 19.7 Å². The van der Waals surface area contributed by atoms with Crippen molar-refractivity contribution in [3.8, 4) is 0 Å². The summed E-state index contributed by atoms with van der Waals surface area (Å²) in [5, 5.41) is 23.8. The highest BCUT2D eigenvalue weighted by Gasteiger charge is 2.75. The number of carbonyl (C=O) groups is 5. The first-order valence-electron chi connectivity index (χ1n) is 21.5. The second-order valence-corrected chi connectivity index (χ2v) is 20.1. The van der Waals surface area contributed by atoms with Gasteiger partial charge >= 0.3 is 11.9 Å². The Kier molecular flexibility index (Phi) is 9.82. The first kappa shape index (κ1) is 39.8. The number of fused-ring (bicyclic) bond motifs is 10. The van der Waals surface area contributed by atoms with Crippen molar-refractivity contribution in [3.63, 3.8) is 0 Å². The fourth-order valence-corrected chi connectivity index (χ4v) is 15.0. The maximum Gasteiger partial charge on any atom is 0.306 e. The summed E-state index contributed by atoms with van der Waals surface area (Å²) < 4.78 is 29.0. The lowest BCUT2D eigenvalue weighted by Gasteiger charge is -2.62. The van der Waals surface area contributed by atoms with Gasteiger partial charge in [0.15, 0.2) is 23.8 Å². The van der Waals surface area contributed by atoms with Crippen LogP contribution in [0.15, 0.2) is 35.5 Å². The van der Waals surface area contributed by atoms with E-state index in [4.69, 9.17) is 9.47 Å². The summed E-state index contributed by atoms with van der Waals surface area (Å²) >= 11 is 0. The number of esters is 2. The predicted octanol–water partition coefficient (Wildman–Crippen LogP) is 6.92. The average molecular weight is 777 g/mol. The molecule has 56 heavy (non-hydrogen) atoms. The molecular formula is C46H61FO9. The number of carbonyl (C=O) groups excluding carboxylic acids is 5. The molecule has 0 heterocycles. The third-order valence-corrected chi connectivity index (χ3v) is 17.6. The van der Waals surface area contributed by atoms with Crippen molar-refractivity contribution in [1.82, 2.24) is 0 Å². The van der Waals surface area contributed by atoms with Gasteiger partial charge in [-0.3, -0.25) is 24.0 Å². The zero-order valence-corrected chi connectivity index (χ0v) is 33.8. The quantitative estimate of drug-likeness (QED) is 0.251. The van der Waals surface area contributed by atoms with Crippen LogP contribution in [0.25, 0.3) is 0 Å². The second-order valence-electron chi connectivity index (χ2n) is 20.1. The van der Waals surface area contributed by atoms with Gasteiger partial charge in [-0.2, -0.15) is 0 Å². The Morgan fingerprint density at radius 1 is 0.893 bits per heavy atom. The molecule has 15 atom stereocenters. The number of halogens is 1. The molecular weight excluding hydrogens is 715 g/mol. The molecule has 6 fully saturated rings. The van der Waals surface area contributed by atoms with Crippen LogP contribution in [-0.2, 0) is 33.4 Å². The number of aliphatic hydroxyl groups is 2. The van der Waals surface area contributed by atoms with E-state index in [-0.39, 0.29) is 54.7 Å². The molecule has 0 aliphatic heterocycles. The molecule has 0 spiro atoms. The van der Waals surface area contributed by atoms with Gasteiger partial charge in [-0.1, -0.05) is 44.9 Å². The molecule has 15 unspecified atom stereocenters. The van der Waals surface area contributed by atoms with Crippen molar-refractivity contribution >= 4 is 29.3 Å². The molecule has 0 amide bonds. The Hall–Kier alpha value is -2.98. The Balaban J connectivity index is 0.841. The van der Waals surface area contributed by atoms with Gasteiger partial charge in [-0.25, -0.2) is 4.39 Å². The first-order chi connectivity index (χ1) is 26.4. The van der Waals surface area contributed by atoms with E-state index >= 15 is 4.39 Å². The second kappa shape index (κ2) is 13.8. The van der Waals surface area contributed by atoms with Gasteiger partial charge in [0.2, 0.25) is 5.78 Å². The average Bonchev–Trinajstić information content (AvgIpc) is 3.56. The van der Waals surface area contributed by atoms with Crippen molar-refractivity contribution in [1.29, 1.82) is 0 Å². The van der Waals surface area contributed by atoms with Gasteiger partial charge in [0.25, 0.3) is 0 Å². The predicted molar refractivity (Wildman–Crippen MR) is 204 cm³/mol. The molecule has 0 bridgehead atoms. The van der Waals surface area contributed by atoms with Crippen LogP contribution in [0.5, 0.6) is 0 Å². The minimum atomic E-state index is -2.08. The van der Waals surface area contributed by atoms with Gasteiger partial charge in [-0.05, 0) is 137 Å². The summed E-state index contributed by atoms with van der Waals surface area (Å²) in [5.74, 6) is -0.610. The van der Waals surface area contributed by atoms with Crippen molar-refractivity contribution in [2.75, 3.05) is 6.61 Å². The topological polar surface area (TPSA) is 144 Å². The summed E-state index contributed by atoms with van der Waals surface area (Å²) in [5.41, 5.74) is -4.44. The zero-order valence-electron chi connectivity index (χ0n) is 33.8. The molecule has 9 nitrogen and oxygen atoms in total. The van der Waals surface area contributed by atoms with E-state index in [2.05, 4.69) is 13.8 Å². The fraction of sp³-hybridized carbons (Fsp3) is 0.761. The highest BCUT2D eigenvalue weighted by atomic mass is 19.1. The summed E-state index contributed by atoms with van der Waals surface area (Å²) in [6.07, 6.45) is 12.5. The summed E-state index contributed by atoms with van der Waals surface area (Å²) in [6.45, 7) is 9.23. The van der Waals surface area contributed by atoms with Crippen LogP contribution < -0.4 is 0 Å². The molecule has 8 rings (SSSR count). The highest BCUT2D eigenvalue weighted by Crippen LogP contribution is 2.71. The molecule has 0 aromatic heterocycles. The summed E-state index contributed by atoms with van der Waals surface area (Å²) in [7, 11) is 0. The SMILES string of the molecule is CC1CC2(C)C(OC(=O)CCCC(=O)OCC(=O)C3(O)C(C)CC4C5CCC6=CC(=O)C=CC6(C)C5(F)C(O)CC43C)CCC2C2CCC3=CC(=O)CCC3C12. The minimum Gasteiger partial charge on any atom is -0.462 e. The number of allylic oxidation sites excluding steroid dienone is 5. The molecule has 2 N–H and O–H groups in total. The van der Waals surface area contributed by atoms with E-state index in [1.807, 2.05) is 6.08 Å². The fourth-order valence-electron chi connectivity index (χ4n) is 15.0. The zero-order chi connectivity index (χ0) is 40.2. The van der Waals surface area contributed by atoms with Crippen LogP contribution in [-0.4, -0.2) is 69.6 Å². The monoisotopic (exact) mass is 776 g/mol. The third-order valence-electron chi connectivity index (χ3n) is 17.6. The third kappa shape index (κ3) is 5.67. The Bertz CT molecular complexity index is 1800. The van der Waals surface area contributed by atoms with Crippen LogP contribution in [0.1, 0.15) is 125 Å². The first-order valence-corrected chi connectivity index (χ1v) is 21.5. The lowest BCUT2D eigenvalue weighted by Crippen LogP contribution is -2.69. The number of ketones is 3. The standard InChI is InChI=1S/C46H61FO9/c1-25-22-42(3)33(32-12-9-27-20-29(48)11-13-31(27)41(25)32)15-16-38(42)56-40(53)8-6-7-39(52)55-24-37(51)46(54)26(2)19-35-34-14-10-28-21-30(49)17-18-43(28,4)45(34,47)36(50)23-44(35,46)5/h17-18,20-21,25-26,31-36,38,41,50,54H,6-16,19,22-24H2,1-5H3. The summed E-state index contributed by atoms with van der Waals surface area (Å²) in [6, 6.07) is 0. The van der Waals surface area contributed by atoms with E-state index in [1.54, 1.807) is 26.8 Å². The maximum absolute atomic E-state index is 17.5. The smallest absolute Gasteiger partial charge is 0.306 e. The van der Waals surface area contributed by atoms with E-state index < -0.39 is 64.3 Å². The van der Waals surface area contributed by atoms with Gasteiger partial charge in [0.05, 0.1) is 6.10 Å².